The van der Waals surface area contributed by atoms with Crippen LogP contribution in [0.3, 0.4) is 0 Å². The molecular formula is C14H19FO. The molecule has 1 aromatic carbocycles. The molecule has 0 bridgehead atoms. The number of halogens is 1. The summed E-state index contributed by atoms with van der Waals surface area (Å²) in [5.41, 5.74) is 1.99. The minimum atomic E-state index is -0.340. The second kappa shape index (κ2) is 4.54. The van der Waals surface area contributed by atoms with Crippen LogP contribution in [-0.2, 0) is 6.42 Å². The van der Waals surface area contributed by atoms with Gasteiger partial charge in [0.1, 0.15) is 5.82 Å². The molecule has 1 aliphatic carbocycles. The van der Waals surface area contributed by atoms with Crippen LogP contribution in [0.15, 0.2) is 18.2 Å². The molecule has 16 heavy (non-hydrogen) atoms. The van der Waals surface area contributed by atoms with E-state index in [1.807, 2.05) is 6.92 Å². The number of rotatable bonds is 4. The van der Waals surface area contributed by atoms with E-state index in [1.54, 1.807) is 6.07 Å². The molecule has 1 fully saturated rings. The highest BCUT2D eigenvalue weighted by Crippen LogP contribution is 2.38. The highest BCUT2D eigenvalue weighted by Gasteiger charge is 2.32. The topological polar surface area (TPSA) is 20.2 Å². The fraction of sp³-hybridized carbons (Fsp3) is 0.571. The molecule has 2 unspecified atom stereocenters. The summed E-state index contributed by atoms with van der Waals surface area (Å²) in [7, 11) is 0. The first-order valence-electron chi connectivity index (χ1n) is 6.01. The van der Waals surface area contributed by atoms with Crippen molar-refractivity contribution in [3.8, 4) is 0 Å². The molecule has 0 aromatic heterocycles. The number of aliphatic hydroxyl groups excluding tert-OH is 1. The summed E-state index contributed by atoms with van der Waals surface area (Å²) in [4.78, 5) is 0. The third-order valence-electron chi connectivity index (χ3n) is 3.71. The lowest BCUT2D eigenvalue weighted by Gasteiger charge is -2.19. The molecule has 88 valence electrons. The van der Waals surface area contributed by atoms with E-state index in [2.05, 4.69) is 6.92 Å². The van der Waals surface area contributed by atoms with Gasteiger partial charge in [0.25, 0.3) is 0 Å². The zero-order chi connectivity index (χ0) is 11.7. The minimum Gasteiger partial charge on any atom is -0.392 e. The Labute approximate surface area is 96.3 Å². The SMILES string of the molecule is Cc1ccc(F)cc1CC(O)C(C)C1CC1. The Balaban J connectivity index is 2.04. The molecule has 0 amide bonds. The van der Waals surface area contributed by atoms with Gasteiger partial charge in [-0.1, -0.05) is 13.0 Å². The van der Waals surface area contributed by atoms with Crippen molar-refractivity contribution in [2.24, 2.45) is 11.8 Å². The highest BCUT2D eigenvalue weighted by atomic mass is 19.1. The van der Waals surface area contributed by atoms with Gasteiger partial charge in [0.15, 0.2) is 0 Å². The summed E-state index contributed by atoms with van der Waals surface area (Å²) in [6.45, 7) is 4.06. The third kappa shape index (κ3) is 2.62. The number of hydrogen-bond acceptors (Lipinski definition) is 1. The van der Waals surface area contributed by atoms with E-state index >= 15 is 0 Å². The first kappa shape index (κ1) is 11.6. The van der Waals surface area contributed by atoms with Crippen LogP contribution >= 0.6 is 0 Å². The average Bonchev–Trinajstić information content (AvgIpc) is 3.06. The summed E-state index contributed by atoms with van der Waals surface area (Å²) in [6, 6.07) is 4.78. The average molecular weight is 222 g/mol. The zero-order valence-corrected chi connectivity index (χ0v) is 9.91. The molecule has 2 rings (SSSR count). The number of aliphatic hydroxyl groups is 1. The van der Waals surface area contributed by atoms with E-state index in [9.17, 15) is 9.50 Å². The maximum Gasteiger partial charge on any atom is 0.123 e. The summed E-state index contributed by atoms with van der Waals surface area (Å²) in [5, 5.41) is 10.1. The fourth-order valence-corrected chi connectivity index (χ4v) is 2.21. The first-order valence-corrected chi connectivity index (χ1v) is 6.01. The van der Waals surface area contributed by atoms with Crippen molar-refractivity contribution in [3.05, 3.63) is 35.1 Å². The molecular weight excluding hydrogens is 203 g/mol. The van der Waals surface area contributed by atoms with E-state index in [1.165, 1.54) is 25.0 Å². The van der Waals surface area contributed by atoms with E-state index in [0.29, 0.717) is 18.3 Å². The lowest BCUT2D eigenvalue weighted by molar-refractivity contribution is 0.105. The maximum absolute atomic E-state index is 13.1. The fourth-order valence-electron chi connectivity index (χ4n) is 2.21. The molecule has 2 heteroatoms. The molecule has 1 nitrogen and oxygen atoms in total. The standard InChI is InChI=1S/C14H19FO/c1-9-3-6-13(15)7-12(9)8-14(16)10(2)11-4-5-11/h3,6-7,10-11,14,16H,4-5,8H2,1-2H3. The summed E-state index contributed by atoms with van der Waals surface area (Å²) >= 11 is 0. The zero-order valence-electron chi connectivity index (χ0n) is 9.91. The predicted octanol–water partition coefficient (Wildman–Crippen LogP) is 3.08. The number of benzene rings is 1. The van der Waals surface area contributed by atoms with Crippen LogP contribution in [0.2, 0.25) is 0 Å². The van der Waals surface area contributed by atoms with E-state index in [4.69, 9.17) is 0 Å². The molecule has 0 spiro atoms. The third-order valence-corrected chi connectivity index (χ3v) is 3.71. The predicted molar refractivity (Wildman–Crippen MR) is 62.7 cm³/mol. The molecule has 2 atom stereocenters. The quantitative estimate of drug-likeness (QED) is 0.830. The second-order valence-electron chi connectivity index (χ2n) is 5.04. The van der Waals surface area contributed by atoms with Gasteiger partial charge < -0.3 is 5.11 Å². The van der Waals surface area contributed by atoms with Crippen LogP contribution in [0.1, 0.15) is 30.9 Å². The van der Waals surface area contributed by atoms with Crippen molar-refractivity contribution >= 4 is 0 Å². The molecule has 1 N–H and O–H groups in total. The van der Waals surface area contributed by atoms with E-state index in [-0.39, 0.29) is 11.9 Å². The Morgan fingerprint density at radius 2 is 2.12 bits per heavy atom. The smallest absolute Gasteiger partial charge is 0.123 e. The van der Waals surface area contributed by atoms with Gasteiger partial charge in [0.2, 0.25) is 0 Å². The van der Waals surface area contributed by atoms with Gasteiger partial charge in [-0.25, -0.2) is 4.39 Å². The van der Waals surface area contributed by atoms with Crippen LogP contribution in [0.5, 0.6) is 0 Å². The molecule has 0 radical (unpaired) electrons. The van der Waals surface area contributed by atoms with Crippen LogP contribution < -0.4 is 0 Å². The van der Waals surface area contributed by atoms with Crippen LogP contribution in [-0.4, -0.2) is 11.2 Å². The van der Waals surface area contributed by atoms with Gasteiger partial charge in [-0.05, 0) is 61.3 Å². The monoisotopic (exact) mass is 222 g/mol. The second-order valence-corrected chi connectivity index (χ2v) is 5.04. The molecule has 1 aromatic rings. The van der Waals surface area contributed by atoms with Crippen LogP contribution in [0.25, 0.3) is 0 Å². The Morgan fingerprint density at radius 3 is 2.75 bits per heavy atom. The normalized spacial score (nSPS) is 19.5. The van der Waals surface area contributed by atoms with Crippen molar-refractivity contribution < 1.29 is 9.50 Å². The Kier molecular flexibility index (Phi) is 3.29. The van der Waals surface area contributed by atoms with E-state index < -0.39 is 0 Å². The summed E-state index contributed by atoms with van der Waals surface area (Å²) in [6.07, 6.45) is 2.70. The van der Waals surface area contributed by atoms with Gasteiger partial charge in [0.05, 0.1) is 6.10 Å². The van der Waals surface area contributed by atoms with Gasteiger partial charge in [-0.2, -0.15) is 0 Å². The Hall–Kier alpha value is -0.890. The molecule has 0 saturated heterocycles. The number of hydrogen-bond donors (Lipinski definition) is 1. The first-order chi connectivity index (χ1) is 7.58. The molecule has 0 aliphatic heterocycles. The van der Waals surface area contributed by atoms with Crippen LogP contribution in [0, 0.1) is 24.6 Å². The summed E-state index contributed by atoms with van der Waals surface area (Å²) in [5.74, 6) is 0.804. The summed E-state index contributed by atoms with van der Waals surface area (Å²) < 4.78 is 13.1. The van der Waals surface area contributed by atoms with Gasteiger partial charge in [0, 0.05) is 0 Å². The maximum atomic E-state index is 13.1. The van der Waals surface area contributed by atoms with Crippen LogP contribution in [0.4, 0.5) is 4.39 Å². The van der Waals surface area contributed by atoms with Gasteiger partial charge >= 0.3 is 0 Å². The van der Waals surface area contributed by atoms with Crippen molar-refractivity contribution in [2.75, 3.05) is 0 Å². The molecule has 0 heterocycles. The van der Waals surface area contributed by atoms with Crippen molar-refractivity contribution in [3.63, 3.8) is 0 Å². The van der Waals surface area contributed by atoms with Crippen molar-refractivity contribution in [2.45, 2.75) is 39.2 Å². The molecule has 1 aliphatic rings. The van der Waals surface area contributed by atoms with Crippen molar-refractivity contribution in [1.29, 1.82) is 0 Å². The lowest BCUT2D eigenvalue weighted by atomic mass is 9.92. The minimum absolute atomic E-state index is 0.216. The lowest BCUT2D eigenvalue weighted by Crippen LogP contribution is -2.22. The van der Waals surface area contributed by atoms with Gasteiger partial charge in [-0.15, -0.1) is 0 Å². The number of aryl methyl sites for hydroxylation is 1. The molecule has 1 saturated carbocycles. The largest absolute Gasteiger partial charge is 0.392 e. The van der Waals surface area contributed by atoms with Crippen molar-refractivity contribution in [1.82, 2.24) is 0 Å². The van der Waals surface area contributed by atoms with E-state index in [0.717, 1.165) is 11.1 Å². The Morgan fingerprint density at radius 1 is 1.44 bits per heavy atom. The highest BCUT2D eigenvalue weighted by molar-refractivity contribution is 5.27. The Bertz CT molecular complexity index is 371. The van der Waals surface area contributed by atoms with Gasteiger partial charge in [-0.3, -0.25) is 0 Å².